The van der Waals surface area contributed by atoms with E-state index < -0.39 is 0 Å². The average Bonchev–Trinajstić information content (AvgIpc) is 2.85. The number of amides is 1. The Morgan fingerprint density at radius 1 is 1.26 bits per heavy atom. The minimum atomic E-state index is 0.333. The molecule has 5 heteroatoms. The molecular weight excluding hydrogens is 306 g/mol. The maximum absolute atomic E-state index is 11.9. The van der Waals surface area contributed by atoms with Gasteiger partial charge < -0.3 is 9.80 Å². The van der Waals surface area contributed by atoms with E-state index in [2.05, 4.69) is 36.8 Å². The molecule has 2 aliphatic rings. The number of nitrogens with zero attached hydrogens (tertiary/aromatic N) is 3. The lowest BCUT2D eigenvalue weighted by Gasteiger charge is -2.38. The van der Waals surface area contributed by atoms with E-state index in [-0.39, 0.29) is 0 Å². The van der Waals surface area contributed by atoms with Gasteiger partial charge in [-0.3, -0.25) is 9.78 Å². The van der Waals surface area contributed by atoms with Crippen LogP contribution in [0.25, 0.3) is 0 Å². The number of rotatable bonds is 2. The van der Waals surface area contributed by atoms with Crippen LogP contribution in [0, 0.1) is 0 Å². The largest absolute Gasteiger partial charge is 0.368 e. The van der Waals surface area contributed by atoms with Crippen LogP contribution in [0.3, 0.4) is 0 Å². The van der Waals surface area contributed by atoms with Crippen LogP contribution < -0.4 is 4.90 Å². The van der Waals surface area contributed by atoms with Crippen molar-refractivity contribution in [2.45, 2.75) is 31.7 Å². The first-order valence-electron chi connectivity index (χ1n) is 6.89. The Morgan fingerprint density at radius 2 is 2.16 bits per heavy atom. The Balaban J connectivity index is 1.72. The number of likely N-dealkylation sites (tertiary alicyclic amines) is 1. The summed E-state index contributed by atoms with van der Waals surface area (Å²) in [7, 11) is 0. The quantitative estimate of drug-likeness (QED) is 0.838. The van der Waals surface area contributed by atoms with Gasteiger partial charge >= 0.3 is 0 Å². The third-order valence-corrected chi connectivity index (χ3v) is 4.44. The van der Waals surface area contributed by atoms with Crippen LogP contribution in [0.4, 0.5) is 5.69 Å². The molecule has 2 fully saturated rings. The molecule has 3 heterocycles. The zero-order valence-electron chi connectivity index (χ0n) is 10.9. The van der Waals surface area contributed by atoms with Crippen molar-refractivity contribution in [3.8, 4) is 0 Å². The van der Waals surface area contributed by atoms with E-state index in [0.29, 0.717) is 11.9 Å². The minimum Gasteiger partial charge on any atom is -0.368 e. The molecule has 102 valence electrons. The highest BCUT2D eigenvalue weighted by Crippen LogP contribution is 2.26. The van der Waals surface area contributed by atoms with Gasteiger partial charge in [0.2, 0.25) is 5.91 Å². The molecule has 0 aromatic carbocycles. The molecule has 0 saturated carbocycles. The van der Waals surface area contributed by atoms with Gasteiger partial charge in [-0.25, -0.2) is 0 Å². The standard InChI is InChI=1S/C14H18BrN3O/c15-11-7-13(9-16-8-11)17-5-1-3-12(10-17)18-6-2-4-14(18)19/h7-9,12H,1-6,10H2/t12-/m0/s1. The van der Waals surface area contributed by atoms with Crippen molar-refractivity contribution in [2.24, 2.45) is 0 Å². The van der Waals surface area contributed by atoms with E-state index in [4.69, 9.17) is 0 Å². The smallest absolute Gasteiger partial charge is 0.222 e. The molecular formula is C14H18BrN3O. The fraction of sp³-hybridized carbons (Fsp3) is 0.571. The van der Waals surface area contributed by atoms with Gasteiger partial charge in [0.1, 0.15) is 0 Å². The van der Waals surface area contributed by atoms with Crippen LogP contribution in [0.15, 0.2) is 22.9 Å². The van der Waals surface area contributed by atoms with E-state index in [9.17, 15) is 4.79 Å². The van der Waals surface area contributed by atoms with Gasteiger partial charge in [0, 0.05) is 42.8 Å². The van der Waals surface area contributed by atoms with Gasteiger partial charge in [-0.05, 0) is 41.3 Å². The SMILES string of the molecule is O=C1CCCN1[C@H]1CCCN(c2cncc(Br)c2)C1. The molecule has 2 aliphatic heterocycles. The van der Waals surface area contributed by atoms with Crippen LogP contribution in [-0.2, 0) is 4.79 Å². The molecule has 2 saturated heterocycles. The second-order valence-electron chi connectivity index (χ2n) is 5.29. The molecule has 1 aromatic heterocycles. The third kappa shape index (κ3) is 2.76. The Hall–Kier alpha value is -1.10. The highest BCUT2D eigenvalue weighted by Gasteiger charge is 2.31. The molecule has 1 aromatic rings. The topological polar surface area (TPSA) is 36.4 Å². The van der Waals surface area contributed by atoms with Crippen molar-refractivity contribution in [3.63, 3.8) is 0 Å². The van der Waals surface area contributed by atoms with Gasteiger partial charge in [0.25, 0.3) is 0 Å². The lowest BCUT2D eigenvalue weighted by atomic mass is 10.0. The summed E-state index contributed by atoms with van der Waals surface area (Å²) < 4.78 is 1.00. The highest BCUT2D eigenvalue weighted by molar-refractivity contribution is 9.10. The molecule has 1 amide bonds. The summed E-state index contributed by atoms with van der Waals surface area (Å²) in [4.78, 5) is 20.5. The normalized spacial score (nSPS) is 24.1. The van der Waals surface area contributed by atoms with Crippen molar-refractivity contribution in [2.75, 3.05) is 24.5 Å². The van der Waals surface area contributed by atoms with Crippen LogP contribution in [0.5, 0.6) is 0 Å². The first kappa shape index (κ1) is 12.9. The summed E-state index contributed by atoms with van der Waals surface area (Å²) in [5, 5.41) is 0. The van der Waals surface area contributed by atoms with Gasteiger partial charge in [0.05, 0.1) is 11.9 Å². The number of anilines is 1. The fourth-order valence-corrected chi connectivity index (χ4v) is 3.43. The van der Waals surface area contributed by atoms with Gasteiger partial charge in [0.15, 0.2) is 0 Å². The summed E-state index contributed by atoms with van der Waals surface area (Å²) in [6.45, 7) is 2.93. The summed E-state index contributed by atoms with van der Waals surface area (Å²) in [6, 6.07) is 2.48. The van der Waals surface area contributed by atoms with Crippen molar-refractivity contribution in [1.82, 2.24) is 9.88 Å². The molecule has 0 bridgehead atoms. The van der Waals surface area contributed by atoms with Crippen molar-refractivity contribution in [3.05, 3.63) is 22.9 Å². The summed E-state index contributed by atoms with van der Waals surface area (Å²) in [6.07, 6.45) is 7.72. The summed E-state index contributed by atoms with van der Waals surface area (Å²) >= 11 is 3.47. The predicted molar refractivity (Wildman–Crippen MR) is 78.1 cm³/mol. The number of carbonyl (C=O) groups is 1. The van der Waals surface area contributed by atoms with Crippen LogP contribution in [0.2, 0.25) is 0 Å². The van der Waals surface area contributed by atoms with E-state index in [1.54, 1.807) is 6.20 Å². The van der Waals surface area contributed by atoms with Crippen molar-refractivity contribution < 1.29 is 4.79 Å². The van der Waals surface area contributed by atoms with Crippen LogP contribution in [-0.4, -0.2) is 41.5 Å². The van der Waals surface area contributed by atoms with E-state index in [0.717, 1.165) is 55.5 Å². The molecule has 0 spiro atoms. The number of piperidine rings is 1. The molecule has 4 nitrogen and oxygen atoms in total. The molecule has 19 heavy (non-hydrogen) atoms. The minimum absolute atomic E-state index is 0.333. The first-order chi connectivity index (χ1) is 9.24. The maximum Gasteiger partial charge on any atom is 0.222 e. The lowest BCUT2D eigenvalue weighted by Crippen LogP contribution is -2.48. The van der Waals surface area contributed by atoms with Crippen molar-refractivity contribution >= 4 is 27.5 Å². The van der Waals surface area contributed by atoms with Gasteiger partial charge in [-0.15, -0.1) is 0 Å². The Kier molecular flexibility index (Phi) is 3.73. The van der Waals surface area contributed by atoms with Crippen molar-refractivity contribution in [1.29, 1.82) is 0 Å². The molecule has 3 rings (SSSR count). The fourth-order valence-electron chi connectivity index (χ4n) is 3.07. The highest BCUT2D eigenvalue weighted by atomic mass is 79.9. The number of halogens is 1. The predicted octanol–water partition coefficient (Wildman–Crippen LogP) is 2.44. The Labute approximate surface area is 121 Å². The third-order valence-electron chi connectivity index (χ3n) is 4.00. The van der Waals surface area contributed by atoms with Crippen LogP contribution in [0.1, 0.15) is 25.7 Å². The number of pyridine rings is 1. The number of hydrogen-bond acceptors (Lipinski definition) is 3. The van der Waals surface area contributed by atoms with Crippen LogP contribution >= 0.6 is 15.9 Å². The molecule has 0 aliphatic carbocycles. The Morgan fingerprint density at radius 3 is 2.89 bits per heavy atom. The molecule has 0 unspecified atom stereocenters. The number of hydrogen-bond donors (Lipinski definition) is 0. The zero-order valence-corrected chi connectivity index (χ0v) is 12.5. The average molecular weight is 324 g/mol. The van der Waals surface area contributed by atoms with E-state index in [1.807, 2.05) is 6.20 Å². The zero-order chi connectivity index (χ0) is 13.2. The molecule has 0 radical (unpaired) electrons. The molecule has 0 N–H and O–H groups in total. The number of aromatic nitrogens is 1. The lowest BCUT2D eigenvalue weighted by molar-refractivity contribution is -0.129. The van der Waals surface area contributed by atoms with Gasteiger partial charge in [-0.2, -0.15) is 0 Å². The second-order valence-corrected chi connectivity index (χ2v) is 6.21. The summed E-state index contributed by atoms with van der Waals surface area (Å²) in [5.74, 6) is 0.333. The van der Waals surface area contributed by atoms with E-state index in [1.165, 1.54) is 0 Å². The van der Waals surface area contributed by atoms with Gasteiger partial charge in [-0.1, -0.05) is 0 Å². The second kappa shape index (κ2) is 5.49. The first-order valence-corrected chi connectivity index (χ1v) is 7.68. The monoisotopic (exact) mass is 323 g/mol. The van der Waals surface area contributed by atoms with E-state index >= 15 is 0 Å². The Bertz CT molecular complexity index is 480. The summed E-state index contributed by atoms with van der Waals surface area (Å²) in [5.41, 5.74) is 1.14. The number of carbonyl (C=O) groups excluding carboxylic acids is 1. The molecule has 1 atom stereocenters. The maximum atomic E-state index is 11.9.